The fourth-order valence-corrected chi connectivity index (χ4v) is 3.39. The Morgan fingerprint density at radius 2 is 1.48 bits per heavy atom. The first-order chi connectivity index (χ1) is 18.9. The molecular weight excluding hydrogens is 639 g/mol. The van der Waals surface area contributed by atoms with Crippen LogP contribution in [0, 0.1) is 0 Å². The number of hydrogen-bond acceptors (Lipinski definition) is 13. The number of imidazole rings is 1. The Bertz CT molecular complexity index is 1170. The van der Waals surface area contributed by atoms with E-state index in [2.05, 4.69) is 27.2 Å². The quantitative estimate of drug-likeness (QED) is 0.0716. The molecule has 2 aromatic heterocycles. The average molecular weight is 675 g/mol. The second-order valence-corrected chi connectivity index (χ2v) is 11.4. The van der Waals surface area contributed by atoms with E-state index in [9.17, 15) is 15.3 Å². The van der Waals surface area contributed by atoms with Crippen molar-refractivity contribution in [3.8, 4) is 0 Å². The maximum Gasteiger partial charge on any atom is 0.466 e. The van der Waals surface area contributed by atoms with Crippen molar-refractivity contribution in [2.45, 2.75) is 62.9 Å². The molecule has 0 amide bonds. The molecule has 2 aromatic rings. The van der Waals surface area contributed by atoms with Crippen molar-refractivity contribution in [1.82, 2.24) is 24.8 Å². The van der Waals surface area contributed by atoms with Crippen LogP contribution in [-0.4, -0.2) is 110 Å². The van der Waals surface area contributed by atoms with Crippen LogP contribution in [0.25, 0.3) is 11.2 Å². The average Bonchev–Trinajstić information content (AvgIpc) is 3.33. The molecule has 5 atom stereocenters. The van der Waals surface area contributed by atoms with Crippen LogP contribution in [0.2, 0.25) is 0 Å². The molecule has 1 saturated heterocycles. The molecule has 0 radical (unpaired) electrons. The lowest BCUT2D eigenvalue weighted by molar-refractivity contribution is -0.174. The van der Waals surface area contributed by atoms with Crippen molar-refractivity contribution in [3.63, 3.8) is 0 Å². The Morgan fingerprint density at radius 1 is 0.976 bits per heavy atom. The van der Waals surface area contributed by atoms with Gasteiger partial charge in [0.2, 0.25) is 5.85 Å². The van der Waals surface area contributed by atoms with E-state index in [1.54, 1.807) is 0 Å². The lowest BCUT2D eigenvalue weighted by atomic mass is 10.1. The molecule has 26 heteroatoms. The third-order valence-corrected chi connectivity index (χ3v) is 4.85. The van der Waals surface area contributed by atoms with Gasteiger partial charge < -0.3 is 75.6 Å². The zero-order valence-electron chi connectivity index (χ0n) is 21.8. The number of unbranched alkanes of at least 4 members (excludes halogenated alkanes) is 2. The second-order valence-electron chi connectivity index (χ2n) is 8.30. The molecule has 3 heterocycles. The molecule has 23 nitrogen and oxygen atoms in total. The monoisotopic (exact) mass is 675 g/mol. The molecule has 42 heavy (non-hydrogen) atoms. The number of aliphatic hydroxyl groups is 3. The second kappa shape index (κ2) is 17.1. The number of phosphoric acid groups is 3. The van der Waals surface area contributed by atoms with Crippen LogP contribution in [0.5, 0.6) is 0 Å². The molecule has 0 saturated carbocycles. The van der Waals surface area contributed by atoms with E-state index in [4.69, 9.17) is 73.9 Å². The van der Waals surface area contributed by atoms with Crippen molar-refractivity contribution in [3.05, 3.63) is 12.7 Å². The van der Waals surface area contributed by atoms with Gasteiger partial charge in [-0.15, -0.1) is 0 Å². The largest absolute Gasteiger partial charge is 0.466 e. The van der Waals surface area contributed by atoms with Gasteiger partial charge in [-0.25, -0.2) is 28.6 Å². The normalized spacial score (nSPS) is 23.1. The number of nitrogens with one attached hydrogen (secondary N) is 1. The molecule has 0 bridgehead atoms. The fourth-order valence-electron chi connectivity index (χ4n) is 3.39. The van der Waals surface area contributed by atoms with Crippen LogP contribution in [0.15, 0.2) is 12.7 Å². The van der Waals surface area contributed by atoms with Crippen LogP contribution < -0.4 is 16.8 Å². The molecule has 17 N–H and O–H groups in total. The summed E-state index contributed by atoms with van der Waals surface area (Å²) in [6.45, 7) is 1.62. The third-order valence-electron chi connectivity index (χ3n) is 4.85. The maximum atomic E-state index is 10.8. The minimum atomic E-state index is -4.64. The lowest BCUT2D eigenvalue weighted by Crippen LogP contribution is -2.61. The minimum absolute atomic E-state index is 0.174. The van der Waals surface area contributed by atoms with Crippen LogP contribution in [0.3, 0.4) is 0 Å². The van der Waals surface area contributed by atoms with Crippen molar-refractivity contribution >= 4 is 40.4 Å². The van der Waals surface area contributed by atoms with Gasteiger partial charge in [-0.3, -0.25) is 9.88 Å². The zero-order chi connectivity index (χ0) is 33.1. The molecule has 1 fully saturated rings. The summed E-state index contributed by atoms with van der Waals surface area (Å²) in [7, 11) is -13.9. The first-order valence-corrected chi connectivity index (χ1v) is 16.1. The highest BCUT2D eigenvalue weighted by Crippen LogP contribution is 2.36. The first kappa shape index (κ1) is 40.4. The molecule has 0 aromatic carbocycles. The Balaban J connectivity index is 0.000000926. The lowest BCUT2D eigenvalue weighted by Gasteiger charge is -2.36. The van der Waals surface area contributed by atoms with E-state index in [1.165, 1.54) is 17.2 Å². The summed E-state index contributed by atoms with van der Waals surface area (Å²) in [5.41, 5.74) is 12.7. The third kappa shape index (κ3) is 15.8. The van der Waals surface area contributed by atoms with Gasteiger partial charge in [0.1, 0.15) is 36.5 Å². The number of fused-ring (bicyclic) bond motifs is 1. The Morgan fingerprint density at radius 3 is 1.90 bits per heavy atom. The predicted octanol–water partition coefficient (Wildman–Crippen LogP) is -4.20. The van der Waals surface area contributed by atoms with Gasteiger partial charge in [0.05, 0.1) is 12.8 Å². The Kier molecular flexibility index (Phi) is 16.4. The fraction of sp³-hybridized carbons (Fsp3) is 0.688. The van der Waals surface area contributed by atoms with Crippen molar-refractivity contribution in [2.24, 2.45) is 5.73 Å². The summed E-state index contributed by atoms with van der Waals surface area (Å²) in [5.74, 6) is -1.48. The SMILES string of the molecule is CCCCCC(N)N[C@@]1(n2cnc3c(N)ncnc32)O[C@H](CO)[C@@H](O)[C@H]1O.O=P(O)(O)O.O=P(O)(O)O.O=P(O)(O)O. The molecule has 3 rings (SSSR count). The van der Waals surface area contributed by atoms with E-state index in [1.807, 2.05) is 0 Å². The van der Waals surface area contributed by atoms with E-state index in [-0.39, 0.29) is 5.82 Å². The first-order valence-electron chi connectivity index (χ1n) is 11.4. The predicted molar refractivity (Wildman–Crippen MR) is 140 cm³/mol. The highest BCUT2D eigenvalue weighted by molar-refractivity contribution is 7.45. The molecule has 0 spiro atoms. The molecule has 1 aliphatic heterocycles. The standard InChI is InChI=1S/C16H27N7O4.3H3O4P/c1-2-3-4-5-10(17)22-16(13(26)12(25)9(6-24)27-16)23-8-21-11-14(18)19-7-20-15(11)23;3*1-5(2,3)4/h7-10,12-13,22,24-26H,2-6,17H2,1H3,(H2,18,19,20);3*(H3,1,2,3,4)/t9-,10?,12-,13-,16+;;;/m1.../s1. The van der Waals surface area contributed by atoms with Gasteiger partial charge in [-0.2, -0.15) is 0 Å². The Labute approximate surface area is 237 Å². The molecule has 1 aliphatic rings. The summed E-state index contributed by atoms with van der Waals surface area (Å²) < 4.78 is 34.0. The van der Waals surface area contributed by atoms with Gasteiger partial charge in [-0.05, 0) is 6.42 Å². The summed E-state index contributed by atoms with van der Waals surface area (Å²) in [5, 5.41) is 33.7. The number of hydrogen-bond donors (Lipinski definition) is 15. The summed E-state index contributed by atoms with van der Waals surface area (Å²) in [4.78, 5) is 77.0. The van der Waals surface area contributed by atoms with Gasteiger partial charge in [0, 0.05) is 0 Å². The van der Waals surface area contributed by atoms with Gasteiger partial charge in [0.25, 0.3) is 0 Å². The van der Waals surface area contributed by atoms with Crippen LogP contribution in [0.1, 0.15) is 32.6 Å². The molecule has 0 aliphatic carbocycles. The number of aromatic nitrogens is 4. The minimum Gasteiger partial charge on any atom is -0.394 e. The zero-order valence-corrected chi connectivity index (χ0v) is 24.5. The van der Waals surface area contributed by atoms with Crippen molar-refractivity contribution < 1.29 is 77.8 Å². The van der Waals surface area contributed by atoms with E-state index in [0.29, 0.717) is 17.6 Å². The smallest absolute Gasteiger partial charge is 0.394 e. The molecular formula is C16H36N7O16P3. The van der Waals surface area contributed by atoms with E-state index in [0.717, 1.165) is 19.3 Å². The maximum absolute atomic E-state index is 10.8. The molecule has 1 unspecified atom stereocenters. The number of aliphatic hydroxyl groups excluding tert-OH is 3. The number of anilines is 1. The van der Waals surface area contributed by atoms with Crippen LogP contribution in [-0.2, 0) is 24.3 Å². The van der Waals surface area contributed by atoms with E-state index < -0.39 is 60.4 Å². The summed E-state index contributed by atoms with van der Waals surface area (Å²) >= 11 is 0. The topological polar surface area (TPSA) is 411 Å². The van der Waals surface area contributed by atoms with Gasteiger partial charge in [0.15, 0.2) is 11.5 Å². The highest BCUT2D eigenvalue weighted by Gasteiger charge is 2.56. The van der Waals surface area contributed by atoms with Gasteiger partial charge >= 0.3 is 23.5 Å². The van der Waals surface area contributed by atoms with Crippen LogP contribution in [0.4, 0.5) is 5.82 Å². The number of nitrogens with two attached hydrogens (primary N) is 2. The number of ether oxygens (including phenoxy) is 1. The highest BCUT2D eigenvalue weighted by atomic mass is 31.2. The summed E-state index contributed by atoms with van der Waals surface area (Å²) in [6, 6.07) is 0. The molecule has 246 valence electrons. The van der Waals surface area contributed by atoms with E-state index >= 15 is 0 Å². The summed E-state index contributed by atoms with van der Waals surface area (Å²) in [6.07, 6.45) is 1.94. The Hall–Kier alpha value is -1.56. The van der Waals surface area contributed by atoms with Crippen molar-refractivity contribution in [2.75, 3.05) is 12.3 Å². The number of nitrogens with zero attached hydrogens (tertiary/aromatic N) is 4. The van der Waals surface area contributed by atoms with Crippen LogP contribution >= 0.6 is 23.5 Å². The van der Waals surface area contributed by atoms with Crippen molar-refractivity contribution in [1.29, 1.82) is 0 Å². The van der Waals surface area contributed by atoms with Gasteiger partial charge in [-0.1, -0.05) is 26.2 Å². The number of rotatable bonds is 8. The number of nitrogen functional groups attached to an aromatic ring is 1.